The SMILES string of the molecule is CC(=C1C(=O)C(C=C2C=C(c3ccccc3)OC(C(C)(C)C)=C2)=C1[O-])c1cc(-c2ccccc2)[o+]c(C(C)(C)C)c1. The summed E-state index contributed by atoms with van der Waals surface area (Å²) in [6.07, 6.45) is 5.48. The molecule has 0 atom stereocenters. The van der Waals surface area contributed by atoms with Crippen molar-refractivity contribution in [3.63, 3.8) is 0 Å². The Balaban J connectivity index is 1.58. The molecule has 5 rings (SSSR count). The van der Waals surface area contributed by atoms with Gasteiger partial charge < -0.3 is 9.84 Å². The standard InChI is InChI=1S/C37H36O4/c1-23(27-21-30(26-16-12-9-13-17-26)41-32(22-27)37(5,6)7)33-34(38)28(35(33)39)18-24-19-29(25-14-10-8-11-15-25)40-31(20-24)36(2,3)4/h8-22H,1-7H3. The first-order valence-corrected chi connectivity index (χ1v) is 13.9. The second kappa shape index (κ2) is 10.5. The molecule has 1 aliphatic carbocycles. The highest BCUT2D eigenvalue weighted by molar-refractivity contribution is 6.24. The second-order valence-corrected chi connectivity index (χ2v) is 12.6. The first kappa shape index (κ1) is 28.1. The fourth-order valence-electron chi connectivity index (χ4n) is 4.75. The Morgan fingerprint density at radius 1 is 0.829 bits per heavy atom. The predicted octanol–water partition coefficient (Wildman–Crippen LogP) is 8.42. The summed E-state index contributed by atoms with van der Waals surface area (Å²) in [5.41, 5.74) is 3.96. The maximum Gasteiger partial charge on any atom is 0.360 e. The molecular formula is C37H36O4. The lowest BCUT2D eigenvalue weighted by Gasteiger charge is -2.32. The van der Waals surface area contributed by atoms with Crippen molar-refractivity contribution in [2.75, 3.05) is 0 Å². The highest BCUT2D eigenvalue weighted by atomic mass is 16.5. The maximum atomic E-state index is 13.5. The smallest absolute Gasteiger partial charge is 0.360 e. The third-order valence-corrected chi connectivity index (χ3v) is 7.27. The molecule has 0 N–H and O–H groups in total. The van der Waals surface area contributed by atoms with Crippen LogP contribution < -0.4 is 5.11 Å². The largest absolute Gasteiger partial charge is 0.871 e. The lowest BCUT2D eigenvalue weighted by Crippen LogP contribution is -2.30. The lowest BCUT2D eigenvalue weighted by molar-refractivity contribution is -0.300. The van der Waals surface area contributed by atoms with Crippen LogP contribution in [-0.2, 0) is 14.9 Å². The first-order chi connectivity index (χ1) is 19.3. The van der Waals surface area contributed by atoms with Crippen molar-refractivity contribution >= 4 is 17.1 Å². The summed E-state index contributed by atoms with van der Waals surface area (Å²) in [4.78, 5) is 13.5. The molecule has 2 heterocycles. The van der Waals surface area contributed by atoms with Gasteiger partial charge in [0, 0.05) is 28.2 Å². The van der Waals surface area contributed by atoms with E-state index >= 15 is 0 Å². The van der Waals surface area contributed by atoms with Crippen LogP contribution >= 0.6 is 0 Å². The zero-order valence-electron chi connectivity index (χ0n) is 24.8. The van der Waals surface area contributed by atoms with Gasteiger partial charge in [-0.3, -0.25) is 4.79 Å². The molecule has 0 unspecified atom stereocenters. The van der Waals surface area contributed by atoms with Crippen LogP contribution in [0.5, 0.6) is 0 Å². The molecule has 2 aliphatic rings. The van der Waals surface area contributed by atoms with Crippen LogP contribution in [0.4, 0.5) is 0 Å². The Bertz CT molecular complexity index is 1670. The molecule has 41 heavy (non-hydrogen) atoms. The number of ether oxygens (including phenoxy) is 1. The molecule has 0 saturated heterocycles. The molecule has 0 spiro atoms. The minimum atomic E-state index is -0.261. The molecular weight excluding hydrogens is 508 g/mol. The van der Waals surface area contributed by atoms with Crippen molar-refractivity contribution in [2.24, 2.45) is 5.41 Å². The Morgan fingerprint density at radius 3 is 2.00 bits per heavy atom. The molecule has 0 saturated carbocycles. The first-order valence-electron chi connectivity index (χ1n) is 13.9. The van der Waals surface area contributed by atoms with Crippen LogP contribution in [0.2, 0.25) is 0 Å². The van der Waals surface area contributed by atoms with Gasteiger partial charge in [-0.15, -0.1) is 0 Å². The van der Waals surface area contributed by atoms with Gasteiger partial charge in [-0.1, -0.05) is 75.1 Å². The van der Waals surface area contributed by atoms with E-state index in [2.05, 4.69) is 41.5 Å². The third kappa shape index (κ3) is 5.74. The van der Waals surface area contributed by atoms with E-state index in [1.54, 1.807) is 6.08 Å². The molecule has 1 aliphatic heterocycles. The van der Waals surface area contributed by atoms with Gasteiger partial charge in [-0.2, -0.15) is 0 Å². The highest BCUT2D eigenvalue weighted by Crippen LogP contribution is 2.40. The molecule has 4 heteroatoms. The van der Waals surface area contributed by atoms with Crippen LogP contribution in [0.1, 0.15) is 65.4 Å². The number of carbonyl (C=O) groups is 1. The van der Waals surface area contributed by atoms with Gasteiger partial charge in [0.25, 0.3) is 0 Å². The van der Waals surface area contributed by atoms with E-state index in [9.17, 15) is 9.90 Å². The van der Waals surface area contributed by atoms with E-state index in [-0.39, 0.29) is 33.5 Å². The van der Waals surface area contributed by atoms with Crippen LogP contribution in [0.15, 0.2) is 124 Å². The molecule has 0 radical (unpaired) electrons. The van der Waals surface area contributed by atoms with Crippen LogP contribution in [0.25, 0.3) is 22.7 Å². The number of hydrogen-bond donors (Lipinski definition) is 0. The van der Waals surface area contributed by atoms with Crippen molar-refractivity contribution in [3.8, 4) is 11.3 Å². The maximum absolute atomic E-state index is 13.5. The Labute approximate surface area is 242 Å². The Hall–Kier alpha value is -4.44. The van der Waals surface area contributed by atoms with E-state index in [1.165, 1.54) is 0 Å². The third-order valence-electron chi connectivity index (χ3n) is 7.27. The van der Waals surface area contributed by atoms with Gasteiger partial charge in [0.1, 0.15) is 11.5 Å². The summed E-state index contributed by atoms with van der Waals surface area (Å²) >= 11 is 0. The van der Waals surface area contributed by atoms with Crippen molar-refractivity contribution < 1.29 is 19.1 Å². The molecule has 2 aromatic carbocycles. The number of rotatable bonds is 4. The molecule has 208 valence electrons. The van der Waals surface area contributed by atoms with E-state index in [0.717, 1.165) is 33.8 Å². The van der Waals surface area contributed by atoms with Crippen LogP contribution in [0, 0.1) is 5.41 Å². The van der Waals surface area contributed by atoms with Gasteiger partial charge >= 0.3 is 11.5 Å². The van der Waals surface area contributed by atoms with E-state index < -0.39 is 0 Å². The molecule has 0 amide bonds. The zero-order valence-corrected chi connectivity index (χ0v) is 24.8. The summed E-state index contributed by atoms with van der Waals surface area (Å²) in [6.45, 7) is 14.3. The lowest BCUT2D eigenvalue weighted by atomic mass is 9.81. The second-order valence-electron chi connectivity index (χ2n) is 12.6. The summed E-state index contributed by atoms with van der Waals surface area (Å²) in [5, 5.41) is 13.5. The zero-order chi connectivity index (χ0) is 29.5. The van der Waals surface area contributed by atoms with E-state index in [4.69, 9.17) is 9.15 Å². The minimum absolute atomic E-state index is 0.185. The van der Waals surface area contributed by atoms with Crippen molar-refractivity contribution in [1.82, 2.24) is 0 Å². The van der Waals surface area contributed by atoms with Crippen LogP contribution in [-0.4, -0.2) is 5.78 Å². The topological polar surface area (TPSA) is 60.7 Å². The fraction of sp³-hybridized carbons (Fsp3) is 0.243. The summed E-state index contributed by atoms with van der Waals surface area (Å²) in [7, 11) is 0. The average molecular weight is 545 g/mol. The van der Waals surface area contributed by atoms with Gasteiger partial charge in [-0.25, -0.2) is 4.42 Å². The predicted molar refractivity (Wildman–Crippen MR) is 163 cm³/mol. The van der Waals surface area contributed by atoms with Gasteiger partial charge in [0.05, 0.1) is 17.0 Å². The van der Waals surface area contributed by atoms with Crippen molar-refractivity contribution in [2.45, 2.75) is 53.9 Å². The fourth-order valence-corrected chi connectivity index (χ4v) is 4.75. The number of ketones is 1. The molecule has 3 aromatic rings. The molecule has 0 bridgehead atoms. The Morgan fingerprint density at radius 2 is 1.44 bits per heavy atom. The van der Waals surface area contributed by atoms with Crippen molar-refractivity contribution in [3.05, 3.63) is 136 Å². The summed E-state index contributed by atoms with van der Waals surface area (Å²) < 4.78 is 12.5. The van der Waals surface area contributed by atoms with Gasteiger partial charge in [0.2, 0.25) is 0 Å². The number of hydrogen-bond acceptors (Lipinski definition) is 3. The number of Topliss-reactive ketones (excluding diaryl/α,β-unsaturated/α-hetero) is 1. The summed E-state index contributed by atoms with van der Waals surface area (Å²) in [5.74, 6) is 2.44. The number of carbonyl (C=O) groups excluding carboxylic acids is 1. The highest BCUT2D eigenvalue weighted by Gasteiger charge is 2.33. The van der Waals surface area contributed by atoms with E-state index in [0.29, 0.717) is 17.1 Å². The normalized spacial score (nSPS) is 18.0. The average Bonchev–Trinajstić information content (AvgIpc) is 2.95. The molecule has 1 aromatic heterocycles. The van der Waals surface area contributed by atoms with Crippen LogP contribution in [0.3, 0.4) is 0 Å². The monoisotopic (exact) mass is 544 g/mol. The van der Waals surface area contributed by atoms with E-state index in [1.807, 2.05) is 91.9 Å². The minimum Gasteiger partial charge on any atom is -0.871 e. The summed E-state index contributed by atoms with van der Waals surface area (Å²) in [6, 6.07) is 23.5. The molecule has 4 nitrogen and oxygen atoms in total. The number of allylic oxidation sites excluding steroid dienone is 8. The van der Waals surface area contributed by atoms with Crippen molar-refractivity contribution in [1.29, 1.82) is 0 Å². The van der Waals surface area contributed by atoms with Gasteiger partial charge in [-0.05, 0) is 74.8 Å². The Kier molecular flexibility index (Phi) is 7.21. The number of benzene rings is 2. The quantitative estimate of drug-likeness (QED) is 0.244. The van der Waals surface area contributed by atoms with Gasteiger partial charge in [0.15, 0.2) is 5.78 Å². The molecule has 0 fully saturated rings.